The maximum atomic E-state index is 10.5. The van der Waals surface area contributed by atoms with Crippen LogP contribution >= 0.6 is 0 Å². The van der Waals surface area contributed by atoms with E-state index >= 15 is 0 Å². The fraction of sp³-hybridized carbons (Fsp3) is 0.667. The van der Waals surface area contributed by atoms with Crippen molar-refractivity contribution in [1.29, 1.82) is 0 Å². The highest BCUT2D eigenvalue weighted by Gasteiger charge is 2.19. The molecule has 0 radical (unpaired) electrons. The van der Waals surface area contributed by atoms with Crippen molar-refractivity contribution in [1.82, 2.24) is 0 Å². The molecule has 5 nitrogen and oxygen atoms in total. The summed E-state index contributed by atoms with van der Waals surface area (Å²) < 4.78 is 0. The zero-order valence-electron chi connectivity index (χ0n) is 11.3. The van der Waals surface area contributed by atoms with Crippen LogP contribution in [-0.4, -0.2) is 29.6 Å². The fourth-order valence-corrected chi connectivity index (χ4v) is 0.354. The fourth-order valence-electron chi connectivity index (χ4n) is 0.354. The van der Waals surface area contributed by atoms with Gasteiger partial charge < -0.3 is 5.48 Å². The molecule has 17 heavy (non-hydrogen) atoms. The van der Waals surface area contributed by atoms with Gasteiger partial charge in [-0.3, -0.25) is 19.2 Å². The summed E-state index contributed by atoms with van der Waals surface area (Å²) in [6.07, 6.45) is 0.722. The summed E-state index contributed by atoms with van der Waals surface area (Å²) in [7, 11) is 0. The minimum atomic E-state index is -0.498. The molecule has 100 valence electrons. The van der Waals surface area contributed by atoms with Crippen LogP contribution in [0.4, 0.5) is 0 Å². The van der Waals surface area contributed by atoms with Gasteiger partial charge in [0.05, 0.1) is 0 Å². The van der Waals surface area contributed by atoms with Crippen LogP contribution in [0.15, 0.2) is 0 Å². The monoisotopic (exact) mass is 246 g/mol. The molecule has 0 spiro atoms. The maximum absolute atomic E-state index is 10.5. The Hall–Kier alpha value is -1.36. The van der Waals surface area contributed by atoms with Gasteiger partial charge in [0.1, 0.15) is 0 Å². The molecule has 0 fully saturated rings. The molecule has 0 aliphatic heterocycles. The Morgan fingerprint density at radius 1 is 0.706 bits per heavy atom. The Labute approximate surface area is 102 Å². The smallest absolute Gasteiger partial charge is 0.200 e. The molecule has 0 aromatic rings. The third-order valence-electron chi connectivity index (χ3n) is 1.69. The Kier molecular flexibility index (Phi) is 9.68. The van der Waals surface area contributed by atoms with Crippen molar-refractivity contribution in [2.24, 2.45) is 10.8 Å². The molecule has 5 heteroatoms. The first-order valence-electron chi connectivity index (χ1n) is 4.96. The van der Waals surface area contributed by atoms with Crippen LogP contribution in [0.2, 0.25) is 0 Å². The van der Waals surface area contributed by atoms with Crippen molar-refractivity contribution >= 4 is 24.1 Å². The minimum absolute atomic E-state index is 0. The highest BCUT2D eigenvalue weighted by molar-refractivity contribution is 6.27. The van der Waals surface area contributed by atoms with E-state index in [2.05, 4.69) is 0 Å². The Bertz CT molecular complexity index is 248. The van der Waals surface area contributed by atoms with Gasteiger partial charge in [-0.05, 0) is 0 Å². The summed E-state index contributed by atoms with van der Waals surface area (Å²) >= 11 is 0. The average Bonchev–Trinajstić information content (AvgIpc) is 2.13. The Morgan fingerprint density at radius 2 is 0.882 bits per heavy atom. The zero-order chi connectivity index (χ0) is 13.6. The van der Waals surface area contributed by atoms with E-state index in [-0.39, 0.29) is 17.0 Å². The second kappa shape index (κ2) is 7.84. The maximum Gasteiger partial charge on any atom is 0.200 e. The zero-order valence-corrected chi connectivity index (χ0v) is 11.3. The highest BCUT2D eigenvalue weighted by Crippen LogP contribution is 2.12. The van der Waals surface area contributed by atoms with Crippen LogP contribution in [0.1, 0.15) is 41.5 Å². The SMILES string of the molecule is CC(C)(C)C(=O)C=O.CC(C)(C)C(=O)C=O.O. The third-order valence-corrected chi connectivity index (χ3v) is 1.69. The van der Waals surface area contributed by atoms with Gasteiger partial charge in [-0.25, -0.2) is 0 Å². The predicted molar refractivity (Wildman–Crippen MR) is 64.7 cm³/mol. The molecule has 0 atom stereocenters. The molecule has 0 aliphatic carbocycles. The van der Waals surface area contributed by atoms with Gasteiger partial charge in [0.25, 0.3) is 0 Å². The molecule has 0 saturated carbocycles. The summed E-state index contributed by atoms with van der Waals surface area (Å²) in [4.78, 5) is 40.5. The summed E-state index contributed by atoms with van der Waals surface area (Å²) in [6.45, 7) is 10.3. The molecule has 0 saturated heterocycles. The molecule has 0 aromatic heterocycles. The van der Waals surface area contributed by atoms with Crippen LogP contribution in [0.25, 0.3) is 0 Å². The lowest BCUT2D eigenvalue weighted by atomic mass is 9.92. The van der Waals surface area contributed by atoms with E-state index in [1.54, 1.807) is 41.5 Å². The molecule has 0 aromatic carbocycles. The number of aldehydes is 2. The number of rotatable bonds is 2. The highest BCUT2D eigenvalue weighted by atomic mass is 16.2. The van der Waals surface area contributed by atoms with E-state index in [0.717, 1.165) is 0 Å². The number of ketones is 2. The molecule has 2 N–H and O–H groups in total. The molecule has 0 heterocycles. The average molecular weight is 246 g/mol. The standard InChI is InChI=1S/2C6H10O2.H2O/c2*1-6(2,3)5(8)4-7;/h2*4H,1-3H3;1H2. The van der Waals surface area contributed by atoms with Crippen LogP contribution in [0.5, 0.6) is 0 Å². The minimum Gasteiger partial charge on any atom is -0.412 e. The van der Waals surface area contributed by atoms with Crippen molar-refractivity contribution in [3.05, 3.63) is 0 Å². The van der Waals surface area contributed by atoms with Gasteiger partial charge in [-0.2, -0.15) is 0 Å². The van der Waals surface area contributed by atoms with Crippen LogP contribution < -0.4 is 0 Å². The largest absolute Gasteiger partial charge is 0.412 e. The van der Waals surface area contributed by atoms with Gasteiger partial charge in [-0.1, -0.05) is 41.5 Å². The number of carbonyl (C=O) groups is 4. The molecule has 0 unspecified atom stereocenters. The first-order valence-corrected chi connectivity index (χ1v) is 4.96. The molecular formula is C12H22O5. The molecular weight excluding hydrogens is 224 g/mol. The number of hydrogen-bond donors (Lipinski definition) is 0. The lowest BCUT2D eigenvalue weighted by Crippen LogP contribution is -2.20. The van der Waals surface area contributed by atoms with E-state index in [0.29, 0.717) is 12.6 Å². The van der Waals surface area contributed by atoms with Crippen molar-refractivity contribution in [2.45, 2.75) is 41.5 Å². The molecule has 0 bridgehead atoms. The van der Waals surface area contributed by atoms with E-state index in [1.165, 1.54) is 0 Å². The second-order valence-electron chi connectivity index (χ2n) is 5.46. The third kappa shape index (κ3) is 10.9. The number of hydrogen-bond acceptors (Lipinski definition) is 4. The van der Waals surface area contributed by atoms with Gasteiger partial charge in [0.2, 0.25) is 0 Å². The number of carbonyl (C=O) groups excluding carboxylic acids is 4. The van der Waals surface area contributed by atoms with Gasteiger partial charge in [0.15, 0.2) is 24.1 Å². The topological polar surface area (TPSA) is 99.8 Å². The first kappa shape index (κ1) is 21.0. The molecule has 0 amide bonds. The summed E-state index contributed by atoms with van der Waals surface area (Å²) in [5.41, 5.74) is -0.997. The van der Waals surface area contributed by atoms with E-state index < -0.39 is 10.8 Å². The molecule has 0 aliphatic rings. The van der Waals surface area contributed by atoms with Crippen LogP contribution in [0.3, 0.4) is 0 Å². The van der Waals surface area contributed by atoms with E-state index in [4.69, 9.17) is 0 Å². The normalized spacial score (nSPS) is 10.2. The van der Waals surface area contributed by atoms with Crippen LogP contribution in [-0.2, 0) is 19.2 Å². The lowest BCUT2D eigenvalue weighted by molar-refractivity contribution is -0.135. The van der Waals surface area contributed by atoms with Crippen molar-refractivity contribution in [3.8, 4) is 0 Å². The Morgan fingerprint density at radius 3 is 0.882 bits per heavy atom. The Balaban J connectivity index is -0.000000218. The molecule has 0 rings (SSSR count). The van der Waals surface area contributed by atoms with E-state index in [9.17, 15) is 19.2 Å². The summed E-state index contributed by atoms with van der Waals surface area (Å²) in [5.74, 6) is -0.699. The van der Waals surface area contributed by atoms with Crippen molar-refractivity contribution in [2.75, 3.05) is 0 Å². The second-order valence-corrected chi connectivity index (χ2v) is 5.46. The van der Waals surface area contributed by atoms with Crippen molar-refractivity contribution < 1.29 is 24.7 Å². The summed E-state index contributed by atoms with van der Waals surface area (Å²) in [6, 6.07) is 0. The van der Waals surface area contributed by atoms with E-state index in [1.807, 2.05) is 0 Å². The summed E-state index contributed by atoms with van der Waals surface area (Å²) in [5, 5.41) is 0. The lowest BCUT2D eigenvalue weighted by Gasteiger charge is -2.10. The number of Topliss-reactive ketones (excluding diaryl/α,β-unsaturated/α-hetero) is 2. The van der Waals surface area contributed by atoms with Gasteiger partial charge in [0, 0.05) is 10.8 Å². The van der Waals surface area contributed by atoms with Gasteiger partial charge >= 0.3 is 0 Å². The first-order chi connectivity index (χ1) is 6.96. The van der Waals surface area contributed by atoms with Crippen molar-refractivity contribution in [3.63, 3.8) is 0 Å². The predicted octanol–water partition coefficient (Wildman–Crippen LogP) is 0.776. The quantitative estimate of drug-likeness (QED) is 0.530. The van der Waals surface area contributed by atoms with Crippen LogP contribution in [0, 0.1) is 10.8 Å². The van der Waals surface area contributed by atoms with Gasteiger partial charge in [-0.15, -0.1) is 0 Å².